The number of fused-ring (bicyclic) bond motifs is 3. The molecule has 2 amide bonds. The molecule has 2 aliphatic carbocycles. The summed E-state index contributed by atoms with van der Waals surface area (Å²) in [6.45, 7) is 0.675. The number of hydrogen-bond acceptors (Lipinski definition) is 4. The molecular weight excluding hydrogens is 396 g/mol. The summed E-state index contributed by atoms with van der Waals surface area (Å²) in [6, 6.07) is 15.5. The Balaban J connectivity index is 1.20. The third kappa shape index (κ3) is 3.54. The number of carboxylic acids is 1. The Hall–Kier alpha value is -3.35. The van der Waals surface area contributed by atoms with Crippen molar-refractivity contribution >= 4 is 18.0 Å². The number of carbonyl (C=O) groups excluding carboxylic acids is 2. The van der Waals surface area contributed by atoms with E-state index in [0.29, 0.717) is 25.8 Å². The van der Waals surface area contributed by atoms with E-state index in [0.717, 1.165) is 11.1 Å². The lowest BCUT2D eigenvalue weighted by atomic mass is 9.98. The molecule has 1 aliphatic heterocycles. The summed E-state index contributed by atoms with van der Waals surface area (Å²) in [5, 5.41) is 12.0. The number of aliphatic carboxylic acids is 1. The van der Waals surface area contributed by atoms with E-state index in [1.807, 2.05) is 24.3 Å². The number of hydrogen-bond donors (Lipinski definition) is 2. The third-order valence-electron chi connectivity index (χ3n) is 6.68. The molecule has 3 aliphatic rings. The Kier molecular flexibility index (Phi) is 4.68. The first-order chi connectivity index (χ1) is 15.0. The molecule has 160 valence electrons. The Morgan fingerprint density at radius 2 is 1.65 bits per heavy atom. The zero-order valence-electron chi connectivity index (χ0n) is 17.0. The highest BCUT2D eigenvalue weighted by Crippen LogP contribution is 2.45. The van der Waals surface area contributed by atoms with Crippen LogP contribution in [-0.2, 0) is 14.3 Å². The smallest absolute Gasteiger partial charge is 0.407 e. The van der Waals surface area contributed by atoms with Crippen molar-refractivity contribution in [3.8, 4) is 11.1 Å². The van der Waals surface area contributed by atoms with Crippen LogP contribution in [0, 0.1) is 0 Å². The Morgan fingerprint density at radius 3 is 2.16 bits per heavy atom. The van der Waals surface area contributed by atoms with Gasteiger partial charge in [0.25, 0.3) is 0 Å². The van der Waals surface area contributed by atoms with Crippen molar-refractivity contribution in [2.45, 2.75) is 43.2 Å². The molecular formula is C24H24N2O5. The van der Waals surface area contributed by atoms with Gasteiger partial charge in [-0.2, -0.15) is 0 Å². The van der Waals surface area contributed by atoms with Crippen LogP contribution in [-0.4, -0.2) is 52.7 Å². The summed E-state index contributed by atoms with van der Waals surface area (Å²) in [5.41, 5.74) is 4.01. The van der Waals surface area contributed by atoms with Crippen LogP contribution in [0.5, 0.6) is 0 Å². The second-order valence-corrected chi connectivity index (χ2v) is 8.64. The summed E-state index contributed by atoms with van der Waals surface area (Å²) in [6.07, 6.45) is 1.43. The highest BCUT2D eigenvalue weighted by Gasteiger charge is 2.49. The number of alkyl carbamates (subject to hydrolysis) is 1. The first-order valence-corrected chi connectivity index (χ1v) is 10.6. The van der Waals surface area contributed by atoms with E-state index in [4.69, 9.17) is 9.84 Å². The van der Waals surface area contributed by atoms with Crippen LogP contribution in [0.1, 0.15) is 42.7 Å². The molecule has 2 fully saturated rings. The first kappa shape index (κ1) is 19.6. The average Bonchev–Trinajstić information content (AvgIpc) is 3.37. The molecule has 0 spiro atoms. The van der Waals surface area contributed by atoms with Crippen molar-refractivity contribution in [2.75, 3.05) is 13.2 Å². The number of nitrogens with one attached hydrogen (secondary N) is 1. The van der Waals surface area contributed by atoms with Crippen LogP contribution in [0.2, 0.25) is 0 Å². The fourth-order valence-electron chi connectivity index (χ4n) is 4.68. The lowest BCUT2D eigenvalue weighted by Gasteiger charge is -2.38. The predicted molar refractivity (Wildman–Crippen MR) is 113 cm³/mol. The van der Waals surface area contributed by atoms with E-state index >= 15 is 0 Å². The number of carbonyl (C=O) groups is 3. The SMILES string of the molecule is O=C(NC1(CC(=O)N2CCC2C(=O)O)CC1)OCC1c2ccccc2-c2ccccc21. The van der Waals surface area contributed by atoms with Crippen molar-refractivity contribution in [2.24, 2.45) is 0 Å². The van der Waals surface area contributed by atoms with Crippen LogP contribution in [0.3, 0.4) is 0 Å². The molecule has 0 radical (unpaired) electrons. The van der Waals surface area contributed by atoms with E-state index < -0.39 is 23.6 Å². The first-order valence-electron chi connectivity index (χ1n) is 10.6. The van der Waals surface area contributed by atoms with Crippen LogP contribution in [0.4, 0.5) is 4.79 Å². The van der Waals surface area contributed by atoms with Crippen LogP contribution < -0.4 is 5.32 Å². The summed E-state index contributed by atoms with van der Waals surface area (Å²) in [4.78, 5) is 37.6. The van der Waals surface area contributed by atoms with Gasteiger partial charge in [-0.25, -0.2) is 9.59 Å². The van der Waals surface area contributed by atoms with Crippen LogP contribution in [0.15, 0.2) is 48.5 Å². The minimum Gasteiger partial charge on any atom is -0.480 e. The van der Waals surface area contributed by atoms with E-state index in [2.05, 4.69) is 29.6 Å². The number of amides is 2. The second kappa shape index (κ2) is 7.41. The van der Waals surface area contributed by atoms with Gasteiger partial charge in [0, 0.05) is 12.5 Å². The van der Waals surface area contributed by atoms with Gasteiger partial charge in [0.2, 0.25) is 5.91 Å². The van der Waals surface area contributed by atoms with Crippen LogP contribution in [0.25, 0.3) is 11.1 Å². The van der Waals surface area contributed by atoms with Crippen molar-refractivity contribution in [1.29, 1.82) is 0 Å². The van der Waals surface area contributed by atoms with Gasteiger partial charge in [-0.3, -0.25) is 4.79 Å². The molecule has 2 aromatic rings. The highest BCUT2D eigenvalue weighted by molar-refractivity contribution is 5.87. The van der Waals surface area contributed by atoms with Gasteiger partial charge in [0.05, 0.1) is 12.0 Å². The maximum Gasteiger partial charge on any atom is 0.407 e. The topological polar surface area (TPSA) is 95.9 Å². The van der Waals surface area contributed by atoms with Gasteiger partial charge in [-0.1, -0.05) is 48.5 Å². The molecule has 0 bridgehead atoms. The molecule has 1 saturated carbocycles. The summed E-state index contributed by atoms with van der Waals surface area (Å²) in [7, 11) is 0. The number of benzene rings is 2. The van der Waals surface area contributed by atoms with Gasteiger partial charge in [-0.05, 0) is 41.5 Å². The van der Waals surface area contributed by atoms with Crippen molar-refractivity contribution < 1.29 is 24.2 Å². The van der Waals surface area contributed by atoms with E-state index in [-0.39, 0.29) is 24.9 Å². The number of nitrogens with zero attached hydrogens (tertiary/aromatic N) is 1. The summed E-state index contributed by atoms with van der Waals surface area (Å²) >= 11 is 0. The highest BCUT2D eigenvalue weighted by atomic mass is 16.5. The van der Waals surface area contributed by atoms with Gasteiger partial charge in [0.15, 0.2) is 0 Å². The normalized spacial score (nSPS) is 20.3. The molecule has 1 heterocycles. The summed E-state index contributed by atoms with van der Waals surface area (Å²) in [5.74, 6) is -1.23. The maximum absolute atomic E-state index is 12.5. The molecule has 1 unspecified atom stereocenters. The van der Waals surface area contributed by atoms with Gasteiger partial charge in [0.1, 0.15) is 12.6 Å². The largest absolute Gasteiger partial charge is 0.480 e. The van der Waals surface area contributed by atoms with E-state index in [9.17, 15) is 14.4 Å². The van der Waals surface area contributed by atoms with Crippen molar-refractivity contribution in [3.63, 3.8) is 0 Å². The molecule has 2 aromatic carbocycles. The van der Waals surface area contributed by atoms with Gasteiger partial charge >= 0.3 is 12.1 Å². The minimum atomic E-state index is -0.978. The molecule has 7 heteroatoms. The molecule has 7 nitrogen and oxygen atoms in total. The van der Waals surface area contributed by atoms with Crippen LogP contribution >= 0.6 is 0 Å². The number of ether oxygens (including phenoxy) is 1. The molecule has 2 N–H and O–H groups in total. The monoisotopic (exact) mass is 420 g/mol. The number of rotatable bonds is 6. The quantitative estimate of drug-likeness (QED) is 0.749. The van der Waals surface area contributed by atoms with Crippen molar-refractivity contribution in [3.05, 3.63) is 59.7 Å². The minimum absolute atomic E-state index is 0.0210. The lowest BCUT2D eigenvalue weighted by Crippen LogP contribution is -2.56. The average molecular weight is 420 g/mol. The Bertz CT molecular complexity index is 1020. The predicted octanol–water partition coefficient (Wildman–Crippen LogP) is 3.13. The Morgan fingerprint density at radius 1 is 1.03 bits per heavy atom. The third-order valence-corrected chi connectivity index (χ3v) is 6.68. The molecule has 1 saturated heterocycles. The molecule has 31 heavy (non-hydrogen) atoms. The number of carboxylic acid groups (broad SMARTS) is 1. The fourth-order valence-corrected chi connectivity index (χ4v) is 4.68. The number of likely N-dealkylation sites (tertiary alicyclic amines) is 1. The van der Waals surface area contributed by atoms with Gasteiger partial charge in [-0.15, -0.1) is 0 Å². The second-order valence-electron chi connectivity index (χ2n) is 8.64. The standard InChI is InChI=1S/C24H24N2O5/c27-21(26-12-9-20(26)22(28)29)13-24(10-11-24)25-23(30)31-14-19-17-7-3-1-5-15(17)16-6-2-4-8-18(16)19/h1-8,19-20H,9-14H2,(H,25,30)(H,28,29). The lowest BCUT2D eigenvalue weighted by molar-refractivity contribution is -0.157. The zero-order chi connectivity index (χ0) is 21.6. The summed E-state index contributed by atoms with van der Waals surface area (Å²) < 4.78 is 5.59. The molecule has 0 aromatic heterocycles. The van der Waals surface area contributed by atoms with Gasteiger partial charge < -0.3 is 20.1 Å². The maximum atomic E-state index is 12.5. The van der Waals surface area contributed by atoms with Crippen molar-refractivity contribution in [1.82, 2.24) is 10.2 Å². The van der Waals surface area contributed by atoms with E-state index in [1.165, 1.54) is 16.0 Å². The Labute approximate surface area is 180 Å². The molecule has 1 atom stereocenters. The fraction of sp³-hybridized carbons (Fsp3) is 0.375. The zero-order valence-corrected chi connectivity index (χ0v) is 17.0. The molecule has 5 rings (SSSR count). The van der Waals surface area contributed by atoms with E-state index in [1.54, 1.807) is 0 Å².